The fourth-order valence-corrected chi connectivity index (χ4v) is 4.41. The van der Waals surface area contributed by atoms with Gasteiger partial charge < -0.3 is 10.5 Å². The summed E-state index contributed by atoms with van der Waals surface area (Å²) in [5.41, 5.74) is 3.01. The summed E-state index contributed by atoms with van der Waals surface area (Å²) in [6, 6.07) is 27.3. The molecule has 37 heavy (non-hydrogen) atoms. The number of rotatable bonds is 10. The van der Waals surface area contributed by atoms with Crippen LogP contribution in [0, 0.1) is 12.3 Å². The van der Waals surface area contributed by atoms with E-state index in [4.69, 9.17) is 15.3 Å². The van der Waals surface area contributed by atoms with Crippen molar-refractivity contribution >= 4 is 35.2 Å². The summed E-state index contributed by atoms with van der Waals surface area (Å²) in [5, 5.41) is 15.7. The van der Waals surface area contributed by atoms with Gasteiger partial charge in [-0.2, -0.15) is 0 Å². The topological polar surface area (TPSA) is 61.1 Å². The second-order valence-corrected chi connectivity index (χ2v) is 10.1. The van der Waals surface area contributed by atoms with Crippen molar-refractivity contribution in [1.29, 1.82) is 5.41 Å². The lowest BCUT2D eigenvalue weighted by molar-refractivity contribution is -0.134. The van der Waals surface area contributed by atoms with E-state index in [9.17, 15) is 0 Å². The Balaban J connectivity index is 0.000000657. The van der Waals surface area contributed by atoms with E-state index in [0.29, 0.717) is 5.71 Å². The number of hydrogen-bond acceptors (Lipinski definition) is 4. The zero-order valence-electron chi connectivity index (χ0n) is 21.9. The van der Waals surface area contributed by atoms with Crippen LogP contribution in [0.3, 0.4) is 0 Å². The van der Waals surface area contributed by atoms with Crippen molar-refractivity contribution in [3.05, 3.63) is 127 Å². The Morgan fingerprint density at radius 3 is 2.03 bits per heavy atom. The number of carboxylic acids is 1. The van der Waals surface area contributed by atoms with Gasteiger partial charge in [0.25, 0.3) is 5.97 Å². The molecule has 0 saturated heterocycles. The maximum atomic E-state index is 9.00. The number of aliphatic carboxylic acids is 1. The van der Waals surface area contributed by atoms with Crippen molar-refractivity contribution in [2.45, 2.75) is 48.3 Å². The molecule has 3 aromatic carbocycles. The van der Waals surface area contributed by atoms with Crippen molar-refractivity contribution in [2.75, 3.05) is 5.75 Å². The first-order valence-corrected chi connectivity index (χ1v) is 13.8. The molecule has 0 aromatic heterocycles. The molecule has 0 heterocycles. The Labute approximate surface area is 230 Å². The molecule has 0 amide bonds. The van der Waals surface area contributed by atoms with Gasteiger partial charge in [-0.3, -0.25) is 4.79 Å². The smallest absolute Gasteiger partial charge is 0.300 e. The number of hydrogen-bond donors (Lipinski definition) is 2. The molecule has 0 aliphatic heterocycles. The quantitative estimate of drug-likeness (QED) is 0.118. The van der Waals surface area contributed by atoms with Crippen LogP contribution in [0.25, 0.3) is 0 Å². The minimum absolute atomic E-state index is 0.701. The molecule has 0 spiro atoms. The van der Waals surface area contributed by atoms with E-state index in [0.717, 1.165) is 31.1 Å². The van der Waals surface area contributed by atoms with E-state index >= 15 is 0 Å². The number of aryl methyl sites for hydroxylation is 1. The maximum absolute atomic E-state index is 9.00. The fourth-order valence-electron chi connectivity index (χ4n) is 2.82. The minimum atomic E-state index is -0.833. The van der Waals surface area contributed by atoms with Crippen LogP contribution in [-0.2, 0) is 4.79 Å². The molecule has 0 fully saturated rings. The fraction of sp³-hybridized carbons (Fsp3) is 0.188. The van der Waals surface area contributed by atoms with Crippen LogP contribution in [0.5, 0.6) is 0 Å². The average Bonchev–Trinajstić information content (AvgIpc) is 2.89. The number of allylic oxidation sites excluding steroid dienone is 4. The Bertz CT molecular complexity index is 1120. The van der Waals surface area contributed by atoms with E-state index in [-0.39, 0.29) is 0 Å². The summed E-state index contributed by atoms with van der Waals surface area (Å²) >= 11 is 3.59. The molecule has 194 valence electrons. The average molecular weight is 532 g/mol. The van der Waals surface area contributed by atoms with Crippen LogP contribution in [0.2, 0.25) is 0 Å². The van der Waals surface area contributed by atoms with Gasteiger partial charge in [-0.15, -0.1) is 11.8 Å². The lowest BCUT2D eigenvalue weighted by atomic mass is 10.1. The van der Waals surface area contributed by atoms with Crippen LogP contribution in [0.15, 0.2) is 131 Å². The molecule has 0 aliphatic carbocycles. The Morgan fingerprint density at radius 1 is 0.919 bits per heavy atom. The lowest BCUT2D eigenvalue weighted by Gasteiger charge is -2.05. The first-order valence-electron chi connectivity index (χ1n) is 12.0. The molecular weight excluding hydrogens is 494 g/mol. The highest BCUT2D eigenvalue weighted by Crippen LogP contribution is 2.27. The molecular formula is C32H37NO2S2. The highest BCUT2D eigenvalue weighted by molar-refractivity contribution is 7.99. The van der Waals surface area contributed by atoms with Crippen molar-refractivity contribution in [3.8, 4) is 0 Å². The predicted octanol–water partition coefficient (Wildman–Crippen LogP) is 9.48. The van der Waals surface area contributed by atoms with Crippen molar-refractivity contribution in [1.82, 2.24) is 0 Å². The zero-order valence-corrected chi connectivity index (χ0v) is 23.5. The van der Waals surface area contributed by atoms with E-state index < -0.39 is 5.97 Å². The molecule has 5 heteroatoms. The van der Waals surface area contributed by atoms with E-state index in [1.807, 2.05) is 36.9 Å². The first-order chi connectivity index (χ1) is 17.8. The molecule has 0 aliphatic rings. The third-order valence-electron chi connectivity index (χ3n) is 4.61. The summed E-state index contributed by atoms with van der Waals surface area (Å²) in [7, 11) is 0. The normalized spacial score (nSPS) is 10.2. The second-order valence-electron chi connectivity index (χ2n) is 7.83. The zero-order chi connectivity index (χ0) is 27.3. The number of thioether (sulfide) groups is 1. The van der Waals surface area contributed by atoms with Crippen LogP contribution in [0.4, 0.5) is 0 Å². The lowest BCUT2D eigenvalue weighted by Crippen LogP contribution is -1.97. The van der Waals surface area contributed by atoms with Gasteiger partial charge in [0.1, 0.15) is 0 Å². The standard InChI is InChI=1S/C25H25NS2.C5H8.C2H4O2/c1-20-11-15-22(16-12-20)27-19-7-3-6-10-25(26)21-13-17-24(18-14-21)28-23-8-4-2-5-9-23;1-3-5-4-2;1-2(3)4/h2-5,7-9,11-18,26H,6,10,19H2,1H3;3-5H,1H2,2H3;1H3,(H,3,4)/b7-3+,26-25?;5-4-;. The number of carbonyl (C=O) groups is 1. The van der Waals surface area contributed by atoms with Crippen LogP contribution in [0.1, 0.15) is 37.8 Å². The van der Waals surface area contributed by atoms with Gasteiger partial charge in [0, 0.05) is 33.1 Å². The summed E-state index contributed by atoms with van der Waals surface area (Å²) in [5.74, 6) is 0.141. The Kier molecular flexibility index (Phi) is 17.0. The van der Waals surface area contributed by atoms with E-state index in [2.05, 4.69) is 98.5 Å². The summed E-state index contributed by atoms with van der Waals surface area (Å²) < 4.78 is 0. The third-order valence-corrected chi connectivity index (χ3v) is 6.59. The molecule has 0 saturated carbocycles. The molecule has 0 bridgehead atoms. The van der Waals surface area contributed by atoms with Crippen LogP contribution in [-0.4, -0.2) is 22.5 Å². The summed E-state index contributed by atoms with van der Waals surface area (Å²) in [6.45, 7) is 8.62. The molecule has 0 radical (unpaired) electrons. The summed E-state index contributed by atoms with van der Waals surface area (Å²) in [6.07, 6.45) is 11.7. The number of benzene rings is 3. The van der Waals surface area contributed by atoms with Crippen molar-refractivity contribution < 1.29 is 9.90 Å². The Morgan fingerprint density at radius 2 is 1.49 bits per heavy atom. The van der Waals surface area contributed by atoms with E-state index in [1.165, 1.54) is 20.2 Å². The monoisotopic (exact) mass is 531 g/mol. The van der Waals surface area contributed by atoms with Gasteiger partial charge in [0.15, 0.2) is 0 Å². The predicted molar refractivity (Wildman–Crippen MR) is 162 cm³/mol. The first kappa shape index (κ1) is 31.7. The maximum Gasteiger partial charge on any atom is 0.300 e. The molecule has 3 rings (SSSR count). The molecule has 2 N–H and O–H groups in total. The highest BCUT2D eigenvalue weighted by Gasteiger charge is 2.02. The van der Waals surface area contributed by atoms with Gasteiger partial charge in [-0.25, -0.2) is 0 Å². The Hall–Kier alpha value is -3.28. The molecule has 0 unspecified atom stereocenters. The van der Waals surface area contributed by atoms with Gasteiger partial charge in [-0.1, -0.05) is 96.7 Å². The molecule has 3 aromatic rings. The molecule has 0 atom stereocenters. The highest BCUT2D eigenvalue weighted by atomic mass is 32.2. The van der Waals surface area contributed by atoms with Crippen LogP contribution >= 0.6 is 23.5 Å². The van der Waals surface area contributed by atoms with Gasteiger partial charge in [0.2, 0.25) is 0 Å². The number of carboxylic acid groups (broad SMARTS) is 1. The van der Waals surface area contributed by atoms with Crippen molar-refractivity contribution in [3.63, 3.8) is 0 Å². The van der Waals surface area contributed by atoms with Gasteiger partial charge >= 0.3 is 0 Å². The number of nitrogens with one attached hydrogen (secondary N) is 1. The summed E-state index contributed by atoms with van der Waals surface area (Å²) in [4.78, 5) is 12.7. The van der Waals surface area contributed by atoms with E-state index in [1.54, 1.807) is 17.8 Å². The van der Waals surface area contributed by atoms with Crippen LogP contribution < -0.4 is 0 Å². The van der Waals surface area contributed by atoms with Gasteiger partial charge in [-0.05, 0) is 68.7 Å². The SMILES string of the molecule is C=C/C=C\C.CC(=O)O.Cc1ccc(SC/C=C/CCC(=N)c2ccc(Sc3ccccc3)cc2)cc1. The molecule has 3 nitrogen and oxygen atoms in total. The minimum Gasteiger partial charge on any atom is -0.481 e. The third kappa shape index (κ3) is 16.2. The van der Waals surface area contributed by atoms with Gasteiger partial charge in [0.05, 0.1) is 0 Å². The largest absolute Gasteiger partial charge is 0.481 e. The second kappa shape index (κ2) is 19.9. The van der Waals surface area contributed by atoms with Crippen molar-refractivity contribution in [2.24, 2.45) is 0 Å².